The molecule has 1 aromatic rings. The predicted octanol–water partition coefficient (Wildman–Crippen LogP) is 1.03. The Morgan fingerprint density at radius 2 is 1.94 bits per heavy atom. The lowest BCUT2D eigenvalue weighted by atomic mass is 10.1. The predicted molar refractivity (Wildman–Crippen MR) is 65.2 cm³/mol. The van der Waals surface area contributed by atoms with Gasteiger partial charge in [0, 0.05) is 11.5 Å². The highest BCUT2D eigenvalue weighted by atomic mass is 32.2. The van der Waals surface area contributed by atoms with Gasteiger partial charge in [-0.15, -0.1) is 0 Å². The Kier molecular flexibility index (Phi) is 4.99. The summed E-state index contributed by atoms with van der Waals surface area (Å²) in [6, 6.07) is 5.72. The largest absolute Gasteiger partial charge is 0.480 e. The summed E-state index contributed by atoms with van der Waals surface area (Å²) >= 11 is 1.31. The first-order valence-corrected chi connectivity index (χ1v) is 6.05. The minimum atomic E-state index is -1.05. The van der Waals surface area contributed by atoms with Gasteiger partial charge in [-0.1, -0.05) is 18.2 Å². The fraction of sp³-hybridized carbons (Fsp3) is 0.273. The third-order valence-corrected chi connectivity index (χ3v) is 3.23. The molecule has 0 bridgehead atoms. The second-order valence-corrected chi connectivity index (χ2v) is 4.45. The molecule has 0 fully saturated rings. The normalized spacial score (nSPS) is 12.1. The van der Waals surface area contributed by atoms with Crippen molar-refractivity contribution in [2.24, 2.45) is 5.73 Å². The Morgan fingerprint density at radius 1 is 1.29 bits per heavy atom. The van der Waals surface area contributed by atoms with E-state index in [1.54, 1.807) is 18.2 Å². The summed E-state index contributed by atoms with van der Waals surface area (Å²) in [6.07, 6.45) is 0. The molecule has 0 unspecified atom stereocenters. The van der Waals surface area contributed by atoms with Crippen LogP contribution in [0.5, 0.6) is 0 Å². The standard InChI is InChI=1S/C11H13NO4S/c12-9(11(15)16)6-17-5-7-3-1-2-4-8(7)10(13)14/h1-4,9H,5-6,12H2,(H,13,14)(H,15,16)/t9-/m0/s1. The van der Waals surface area contributed by atoms with Crippen molar-refractivity contribution in [1.82, 2.24) is 0 Å². The highest BCUT2D eigenvalue weighted by Gasteiger charge is 2.13. The fourth-order valence-electron chi connectivity index (χ4n) is 1.22. The van der Waals surface area contributed by atoms with Crippen LogP contribution in [0.3, 0.4) is 0 Å². The maximum absolute atomic E-state index is 10.9. The van der Waals surface area contributed by atoms with Crippen LogP contribution in [0.15, 0.2) is 24.3 Å². The zero-order valence-electron chi connectivity index (χ0n) is 9.00. The highest BCUT2D eigenvalue weighted by molar-refractivity contribution is 7.98. The molecule has 1 rings (SSSR count). The van der Waals surface area contributed by atoms with Crippen LogP contribution < -0.4 is 5.73 Å². The van der Waals surface area contributed by atoms with Gasteiger partial charge in [-0.3, -0.25) is 4.79 Å². The number of carboxylic acids is 2. The first kappa shape index (κ1) is 13.5. The van der Waals surface area contributed by atoms with E-state index in [1.165, 1.54) is 17.8 Å². The molecule has 5 nitrogen and oxygen atoms in total. The van der Waals surface area contributed by atoms with Gasteiger partial charge < -0.3 is 15.9 Å². The molecule has 1 atom stereocenters. The number of thioether (sulfide) groups is 1. The van der Waals surface area contributed by atoms with Crippen LogP contribution >= 0.6 is 11.8 Å². The second kappa shape index (κ2) is 6.27. The van der Waals surface area contributed by atoms with Crippen LogP contribution in [0.1, 0.15) is 15.9 Å². The van der Waals surface area contributed by atoms with Gasteiger partial charge in [0.05, 0.1) is 5.56 Å². The van der Waals surface area contributed by atoms with Gasteiger partial charge in [0.15, 0.2) is 0 Å². The average Bonchev–Trinajstić information content (AvgIpc) is 2.29. The van der Waals surface area contributed by atoms with Crippen LogP contribution in [0.25, 0.3) is 0 Å². The van der Waals surface area contributed by atoms with Crippen molar-refractivity contribution >= 4 is 23.7 Å². The smallest absolute Gasteiger partial charge is 0.335 e. The van der Waals surface area contributed by atoms with Crippen molar-refractivity contribution in [3.8, 4) is 0 Å². The van der Waals surface area contributed by atoms with Crippen molar-refractivity contribution < 1.29 is 19.8 Å². The lowest BCUT2D eigenvalue weighted by molar-refractivity contribution is -0.137. The summed E-state index contributed by atoms with van der Waals surface area (Å²) in [5.41, 5.74) is 6.25. The molecule has 0 saturated heterocycles. The number of aliphatic carboxylic acids is 1. The van der Waals surface area contributed by atoms with E-state index in [4.69, 9.17) is 15.9 Å². The van der Waals surface area contributed by atoms with E-state index in [-0.39, 0.29) is 11.3 Å². The lowest BCUT2D eigenvalue weighted by Gasteiger charge is -2.07. The van der Waals surface area contributed by atoms with E-state index < -0.39 is 18.0 Å². The highest BCUT2D eigenvalue weighted by Crippen LogP contribution is 2.17. The number of rotatable bonds is 6. The summed E-state index contributed by atoms with van der Waals surface area (Å²) in [6.45, 7) is 0. The molecule has 0 amide bonds. The van der Waals surface area contributed by atoms with E-state index in [9.17, 15) is 9.59 Å². The summed E-state index contributed by atoms with van der Waals surface area (Å²) in [5, 5.41) is 17.5. The molecular formula is C11H13NO4S. The minimum absolute atomic E-state index is 0.240. The number of hydrogen-bond acceptors (Lipinski definition) is 4. The third kappa shape index (κ3) is 4.08. The average molecular weight is 255 g/mol. The van der Waals surface area contributed by atoms with Gasteiger partial charge >= 0.3 is 11.9 Å². The van der Waals surface area contributed by atoms with E-state index in [0.29, 0.717) is 11.3 Å². The molecule has 0 radical (unpaired) electrons. The van der Waals surface area contributed by atoms with Gasteiger partial charge in [0.2, 0.25) is 0 Å². The van der Waals surface area contributed by atoms with Crippen molar-refractivity contribution in [2.45, 2.75) is 11.8 Å². The number of aromatic carboxylic acids is 1. The molecule has 92 valence electrons. The molecule has 0 saturated carbocycles. The second-order valence-electron chi connectivity index (χ2n) is 3.42. The Hall–Kier alpha value is -1.53. The molecule has 0 spiro atoms. The number of benzene rings is 1. The van der Waals surface area contributed by atoms with Crippen LogP contribution in [0, 0.1) is 0 Å². The molecule has 0 aliphatic rings. The van der Waals surface area contributed by atoms with Gasteiger partial charge in [-0.25, -0.2) is 4.79 Å². The summed E-state index contributed by atoms with van der Waals surface area (Å²) in [5.74, 6) is -1.35. The van der Waals surface area contributed by atoms with E-state index in [2.05, 4.69) is 0 Å². The molecule has 6 heteroatoms. The summed E-state index contributed by atoms with van der Waals surface area (Å²) < 4.78 is 0. The van der Waals surface area contributed by atoms with Crippen molar-refractivity contribution in [1.29, 1.82) is 0 Å². The molecule has 0 aromatic heterocycles. The number of nitrogens with two attached hydrogens (primary N) is 1. The number of carboxylic acid groups (broad SMARTS) is 2. The van der Waals surface area contributed by atoms with Crippen molar-refractivity contribution in [2.75, 3.05) is 5.75 Å². The monoisotopic (exact) mass is 255 g/mol. The maximum atomic E-state index is 10.9. The molecule has 1 aromatic carbocycles. The fourth-order valence-corrected chi connectivity index (χ4v) is 2.21. The van der Waals surface area contributed by atoms with E-state index in [0.717, 1.165) is 0 Å². The van der Waals surface area contributed by atoms with Crippen LogP contribution in [-0.4, -0.2) is 33.9 Å². The van der Waals surface area contributed by atoms with Crippen LogP contribution in [0.4, 0.5) is 0 Å². The summed E-state index contributed by atoms with van der Waals surface area (Å²) in [4.78, 5) is 21.4. The molecule has 0 aliphatic carbocycles. The van der Waals surface area contributed by atoms with Gasteiger partial charge in [0.1, 0.15) is 6.04 Å². The molecule has 17 heavy (non-hydrogen) atoms. The quantitative estimate of drug-likeness (QED) is 0.702. The molecule has 0 heterocycles. The summed E-state index contributed by atoms with van der Waals surface area (Å²) in [7, 11) is 0. The van der Waals surface area contributed by atoms with Gasteiger partial charge in [-0.05, 0) is 11.6 Å². The maximum Gasteiger partial charge on any atom is 0.335 e. The molecule has 4 N–H and O–H groups in total. The Morgan fingerprint density at radius 3 is 2.53 bits per heavy atom. The Bertz CT molecular complexity index is 422. The van der Waals surface area contributed by atoms with E-state index in [1.807, 2.05) is 0 Å². The minimum Gasteiger partial charge on any atom is -0.480 e. The zero-order valence-corrected chi connectivity index (χ0v) is 9.81. The first-order chi connectivity index (χ1) is 8.02. The topological polar surface area (TPSA) is 101 Å². The van der Waals surface area contributed by atoms with Crippen LogP contribution in [0.2, 0.25) is 0 Å². The third-order valence-electron chi connectivity index (χ3n) is 2.12. The van der Waals surface area contributed by atoms with E-state index >= 15 is 0 Å². The Balaban J connectivity index is 2.58. The zero-order chi connectivity index (χ0) is 12.8. The molecule has 0 aliphatic heterocycles. The number of carbonyl (C=O) groups is 2. The van der Waals surface area contributed by atoms with Gasteiger partial charge in [0.25, 0.3) is 0 Å². The SMILES string of the molecule is N[C@@H](CSCc1ccccc1C(=O)O)C(=O)O. The first-order valence-electron chi connectivity index (χ1n) is 4.89. The molecular weight excluding hydrogens is 242 g/mol. The van der Waals surface area contributed by atoms with Gasteiger partial charge in [-0.2, -0.15) is 11.8 Å². The number of hydrogen-bond donors (Lipinski definition) is 3. The van der Waals surface area contributed by atoms with Crippen LogP contribution in [-0.2, 0) is 10.5 Å². The lowest BCUT2D eigenvalue weighted by Crippen LogP contribution is -2.32. The van der Waals surface area contributed by atoms with Crippen molar-refractivity contribution in [3.05, 3.63) is 35.4 Å². The Labute approximate surface area is 103 Å². The van der Waals surface area contributed by atoms with Crippen molar-refractivity contribution in [3.63, 3.8) is 0 Å².